The Morgan fingerprint density at radius 2 is 1.04 bits per heavy atom. The average Bonchev–Trinajstić information content (AvgIpc) is 2.60. The predicted molar refractivity (Wildman–Crippen MR) is 111 cm³/mol. The predicted octanol–water partition coefficient (Wildman–Crippen LogP) is 7.16. The molecule has 0 radical (unpaired) electrons. The lowest BCUT2D eigenvalue weighted by Gasteiger charge is -2.25. The van der Waals surface area contributed by atoms with Crippen molar-refractivity contribution in [2.45, 2.75) is 92.1 Å². The standard InChI is InChI=1S/C19H42O4P2/c1-6-10-14-24(20,15-11-7-2)22-18-19(5)23-25(21,16-12-8-3)17-13-9-4/h19H,6-18H2,1-5H3. The zero-order valence-electron chi connectivity index (χ0n) is 17.3. The molecule has 6 heteroatoms. The van der Waals surface area contributed by atoms with Crippen molar-refractivity contribution >= 4 is 14.7 Å². The molecule has 25 heavy (non-hydrogen) atoms. The van der Waals surface area contributed by atoms with E-state index in [4.69, 9.17) is 9.05 Å². The normalized spacial score (nSPS) is 14.0. The molecule has 0 N–H and O–H groups in total. The van der Waals surface area contributed by atoms with E-state index in [2.05, 4.69) is 27.7 Å². The molecule has 0 aliphatic rings. The van der Waals surface area contributed by atoms with Crippen molar-refractivity contribution in [2.24, 2.45) is 0 Å². The molecule has 0 bridgehead atoms. The van der Waals surface area contributed by atoms with Crippen LogP contribution in [0.1, 0.15) is 86.0 Å². The van der Waals surface area contributed by atoms with Gasteiger partial charge in [-0.3, -0.25) is 9.13 Å². The Kier molecular flexibility index (Phi) is 14.7. The van der Waals surface area contributed by atoms with E-state index < -0.39 is 14.7 Å². The first-order valence-corrected chi connectivity index (χ1v) is 14.3. The van der Waals surface area contributed by atoms with Gasteiger partial charge in [-0.15, -0.1) is 0 Å². The lowest BCUT2D eigenvalue weighted by atomic mass is 10.4. The van der Waals surface area contributed by atoms with Gasteiger partial charge in [0, 0.05) is 24.6 Å². The second-order valence-corrected chi connectivity index (χ2v) is 12.7. The smallest absolute Gasteiger partial charge is 0.203 e. The summed E-state index contributed by atoms with van der Waals surface area (Å²) in [5, 5.41) is 0. The summed E-state index contributed by atoms with van der Waals surface area (Å²) in [5.74, 6) is 0. The third-order valence-corrected chi connectivity index (χ3v) is 9.68. The minimum atomic E-state index is -2.60. The molecule has 0 saturated heterocycles. The first-order chi connectivity index (χ1) is 11.8. The van der Waals surface area contributed by atoms with E-state index in [9.17, 15) is 9.13 Å². The van der Waals surface area contributed by atoms with Gasteiger partial charge >= 0.3 is 0 Å². The minimum Gasteiger partial charge on any atom is -0.326 e. The lowest BCUT2D eigenvalue weighted by molar-refractivity contribution is 0.146. The number of rotatable bonds is 17. The summed E-state index contributed by atoms with van der Waals surface area (Å²) in [6.45, 7) is 10.6. The number of hydrogen-bond acceptors (Lipinski definition) is 4. The molecule has 0 aromatic rings. The summed E-state index contributed by atoms with van der Waals surface area (Å²) in [5.41, 5.74) is 0. The molecular formula is C19H42O4P2. The summed E-state index contributed by atoms with van der Waals surface area (Å²) in [4.78, 5) is 0. The quantitative estimate of drug-likeness (QED) is 0.245. The van der Waals surface area contributed by atoms with Crippen molar-refractivity contribution in [3.8, 4) is 0 Å². The molecule has 0 spiro atoms. The number of unbranched alkanes of at least 4 members (excludes halogenated alkanes) is 4. The topological polar surface area (TPSA) is 52.6 Å². The van der Waals surface area contributed by atoms with Crippen LogP contribution in [0.4, 0.5) is 0 Å². The molecule has 1 unspecified atom stereocenters. The summed E-state index contributed by atoms with van der Waals surface area (Å²) in [6, 6.07) is 0. The van der Waals surface area contributed by atoms with Crippen molar-refractivity contribution in [1.82, 2.24) is 0 Å². The molecular weight excluding hydrogens is 354 g/mol. The Morgan fingerprint density at radius 3 is 1.40 bits per heavy atom. The van der Waals surface area contributed by atoms with E-state index in [0.717, 1.165) is 51.4 Å². The Balaban J connectivity index is 4.65. The molecule has 1 atom stereocenters. The van der Waals surface area contributed by atoms with Crippen LogP contribution in [-0.4, -0.2) is 37.4 Å². The third kappa shape index (κ3) is 12.4. The van der Waals surface area contributed by atoms with Gasteiger partial charge < -0.3 is 9.05 Å². The highest BCUT2D eigenvalue weighted by atomic mass is 31.2. The van der Waals surface area contributed by atoms with Crippen LogP contribution >= 0.6 is 14.7 Å². The lowest BCUT2D eigenvalue weighted by Crippen LogP contribution is -2.17. The SMILES string of the molecule is CCCCP(=O)(CCCC)OCC(C)OP(=O)(CCCC)CCCC. The van der Waals surface area contributed by atoms with E-state index in [1.165, 1.54) is 0 Å². The van der Waals surface area contributed by atoms with Crippen LogP contribution in [0.3, 0.4) is 0 Å². The van der Waals surface area contributed by atoms with Gasteiger partial charge in [0.05, 0.1) is 12.7 Å². The number of hydrogen-bond donors (Lipinski definition) is 0. The van der Waals surface area contributed by atoms with Gasteiger partial charge in [-0.1, -0.05) is 53.4 Å². The summed E-state index contributed by atoms with van der Waals surface area (Å²) >= 11 is 0. The zero-order valence-corrected chi connectivity index (χ0v) is 19.1. The van der Waals surface area contributed by atoms with Crippen LogP contribution in [0.5, 0.6) is 0 Å². The first kappa shape index (κ1) is 25.4. The molecule has 0 aliphatic heterocycles. The van der Waals surface area contributed by atoms with E-state index in [1.54, 1.807) is 0 Å². The van der Waals surface area contributed by atoms with Crippen LogP contribution in [0.15, 0.2) is 0 Å². The van der Waals surface area contributed by atoms with Crippen LogP contribution < -0.4 is 0 Å². The van der Waals surface area contributed by atoms with Crippen molar-refractivity contribution < 1.29 is 18.2 Å². The average molecular weight is 396 g/mol. The molecule has 0 amide bonds. The summed E-state index contributed by atoms with van der Waals surface area (Å²) in [6.07, 6.45) is 10.2. The van der Waals surface area contributed by atoms with Gasteiger partial charge in [-0.2, -0.15) is 0 Å². The van der Waals surface area contributed by atoms with E-state index >= 15 is 0 Å². The fourth-order valence-corrected chi connectivity index (χ4v) is 7.96. The van der Waals surface area contributed by atoms with Gasteiger partial charge in [0.15, 0.2) is 0 Å². The highest BCUT2D eigenvalue weighted by Crippen LogP contribution is 2.52. The summed E-state index contributed by atoms with van der Waals surface area (Å²) in [7, 11) is -5.19. The maximum absolute atomic E-state index is 13.1. The highest BCUT2D eigenvalue weighted by Gasteiger charge is 2.27. The van der Waals surface area contributed by atoms with Crippen molar-refractivity contribution in [2.75, 3.05) is 31.3 Å². The van der Waals surface area contributed by atoms with Crippen LogP contribution in [0, 0.1) is 0 Å². The van der Waals surface area contributed by atoms with Crippen LogP contribution in [0.25, 0.3) is 0 Å². The fourth-order valence-electron chi connectivity index (χ4n) is 2.65. The maximum Gasteiger partial charge on any atom is 0.203 e. The minimum absolute atomic E-state index is 0.267. The molecule has 0 fully saturated rings. The van der Waals surface area contributed by atoms with Crippen molar-refractivity contribution in [3.05, 3.63) is 0 Å². The van der Waals surface area contributed by atoms with Gasteiger partial charge in [0.2, 0.25) is 14.7 Å². The monoisotopic (exact) mass is 396 g/mol. The molecule has 0 heterocycles. The molecule has 0 rings (SSSR count). The Bertz CT molecular complexity index is 388. The summed E-state index contributed by atoms with van der Waals surface area (Å²) < 4.78 is 37.9. The van der Waals surface area contributed by atoms with Gasteiger partial charge in [0.1, 0.15) is 0 Å². The second kappa shape index (κ2) is 14.4. The van der Waals surface area contributed by atoms with E-state index in [0.29, 0.717) is 24.6 Å². The van der Waals surface area contributed by atoms with E-state index in [-0.39, 0.29) is 12.7 Å². The molecule has 0 saturated carbocycles. The molecule has 4 nitrogen and oxygen atoms in total. The van der Waals surface area contributed by atoms with Crippen LogP contribution in [0.2, 0.25) is 0 Å². The fraction of sp³-hybridized carbons (Fsp3) is 1.00. The maximum atomic E-state index is 13.1. The Hall–Kier alpha value is 0.380. The van der Waals surface area contributed by atoms with Crippen LogP contribution in [-0.2, 0) is 18.2 Å². The Labute approximate surface area is 156 Å². The molecule has 0 aromatic heterocycles. The zero-order chi connectivity index (χ0) is 19.2. The molecule has 0 aromatic carbocycles. The van der Waals surface area contributed by atoms with Gasteiger partial charge in [0.25, 0.3) is 0 Å². The van der Waals surface area contributed by atoms with E-state index in [1.807, 2.05) is 6.92 Å². The van der Waals surface area contributed by atoms with Gasteiger partial charge in [-0.05, 0) is 32.6 Å². The van der Waals surface area contributed by atoms with Gasteiger partial charge in [-0.25, -0.2) is 0 Å². The second-order valence-electron chi connectivity index (χ2n) is 7.15. The van der Waals surface area contributed by atoms with Crippen molar-refractivity contribution in [1.29, 1.82) is 0 Å². The molecule has 0 aliphatic carbocycles. The first-order valence-electron chi connectivity index (χ1n) is 10.3. The Morgan fingerprint density at radius 1 is 0.680 bits per heavy atom. The largest absolute Gasteiger partial charge is 0.326 e. The third-order valence-electron chi connectivity index (χ3n) is 4.33. The molecule has 152 valence electrons. The van der Waals surface area contributed by atoms with Crippen molar-refractivity contribution in [3.63, 3.8) is 0 Å². The highest BCUT2D eigenvalue weighted by molar-refractivity contribution is 7.59.